The van der Waals surface area contributed by atoms with Crippen molar-refractivity contribution in [1.82, 2.24) is 5.32 Å². The van der Waals surface area contributed by atoms with Gasteiger partial charge < -0.3 is 5.32 Å². The highest BCUT2D eigenvalue weighted by Gasteiger charge is 2.36. The van der Waals surface area contributed by atoms with Crippen molar-refractivity contribution in [3.05, 3.63) is 34.1 Å². The van der Waals surface area contributed by atoms with Crippen molar-refractivity contribution in [2.45, 2.75) is 38.1 Å². The monoisotopic (exact) mass is 299 g/mol. The Hall–Kier alpha value is -0.900. The van der Waals surface area contributed by atoms with Crippen molar-refractivity contribution < 1.29 is 9.18 Å². The molecule has 1 amide bonds. The molecule has 0 spiro atoms. The van der Waals surface area contributed by atoms with Crippen molar-refractivity contribution in [1.29, 1.82) is 0 Å². The molecule has 1 aromatic rings. The molecule has 92 valence electrons. The Morgan fingerprint density at radius 1 is 1.53 bits per heavy atom. The number of benzene rings is 1. The fourth-order valence-electron chi connectivity index (χ4n) is 2.15. The molecule has 0 bridgehead atoms. The van der Waals surface area contributed by atoms with Crippen LogP contribution >= 0.6 is 15.9 Å². The number of nitrogens with one attached hydrogen (secondary N) is 1. The summed E-state index contributed by atoms with van der Waals surface area (Å²) < 4.78 is 14.3. The summed E-state index contributed by atoms with van der Waals surface area (Å²) in [5, 5.41) is 2.96. The Morgan fingerprint density at radius 3 is 2.76 bits per heavy atom. The van der Waals surface area contributed by atoms with Gasteiger partial charge in [0.05, 0.1) is 5.56 Å². The first-order valence-electron chi connectivity index (χ1n) is 5.84. The number of amides is 1. The number of carbonyl (C=O) groups is 1. The van der Waals surface area contributed by atoms with Crippen LogP contribution in [0.15, 0.2) is 22.7 Å². The van der Waals surface area contributed by atoms with Gasteiger partial charge in [-0.2, -0.15) is 0 Å². The molecule has 4 heteroatoms. The molecule has 1 N–H and O–H groups in total. The molecular formula is C13H15BrFNO. The van der Waals surface area contributed by atoms with Crippen molar-refractivity contribution in [2.24, 2.45) is 0 Å². The number of hydrogen-bond acceptors (Lipinski definition) is 1. The van der Waals surface area contributed by atoms with Gasteiger partial charge in [0.25, 0.3) is 5.91 Å². The molecule has 0 unspecified atom stereocenters. The third kappa shape index (κ3) is 2.51. The standard InChI is InChI=1S/C13H15BrFNO/c1-2-13(6-3-7-13)16-12(17)10-8-9(14)4-5-11(10)15/h4-5,8H,2-3,6-7H2,1H3,(H,16,17). The van der Waals surface area contributed by atoms with Gasteiger partial charge in [-0.25, -0.2) is 4.39 Å². The molecule has 1 aliphatic rings. The second kappa shape index (κ2) is 4.77. The summed E-state index contributed by atoms with van der Waals surface area (Å²) in [4.78, 5) is 12.0. The normalized spacial score (nSPS) is 17.4. The maximum atomic E-state index is 13.5. The van der Waals surface area contributed by atoms with E-state index < -0.39 is 5.82 Å². The zero-order valence-electron chi connectivity index (χ0n) is 9.72. The van der Waals surface area contributed by atoms with Crippen molar-refractivity contribution >= 4 is 21.8 Å². The lowest BCUT2D eigenvalue weighted by Crippen LogP contribution is -2.53. The van der Waals surface area contributed by atoms with E-state index in [-0.39, 0.29) is 17.0 Å². The van der Waals surface area contributed by atoms with Crippen LogP contribution < -0.4 is 5.32 Å². The van der Waals surface area contributed by atoms with Crippen LogP contribution in [0, 0.1) is 5.82 Å². The minimum Gasteiger partial charge on any atom is -0.347 e. The molecule has 1 aliphatic carbocycles. The van der Waals surface area contributed by atoms with Gasteiger partial charge >= 0.3 is 0 Å². The van der Waals surface area contributed by atoms with Crippen LogP contribution in [0.5, 0.6) is 0 Å². The van der Waals surface area contributed by atoms with E-state index in [9.17, 15) is 9.18 Å². The Balaban J connectivity index is 2.17. The van der Waals surface area contributed by atoms with Crippen LogP contribution in [-0.2, 0) is 0 Å². The molecule has 1 fully saturated rings. The smallest absolute Gasteiger partial charge is 0.254 e. The maximum Gasteiger partial charge on any atom is 0.254 e. The van der Waals surface area contributed by atoms with Crippen LogP contribution in [0.4, 0.5) is 4.39 Å². The van der Waals surface area contributed by atoms with Gasteiger partial charge in [-0.05, 0) is 43.9 Å². The van der Waals surface area contributed by atoms with Gasteiger partial charge in [-0.15, -0.1) is 0 Å². The molecule has 0 atom stereocenters. The van der Waals surface area contributed by atoms with Gasteiger partial charge in [0, 0.05) is 10.0 Å². The fourth-order valence-corrected chi connectivity index (χ4v) is 2.51. The topological polar surface area (TPSA) is 29.1 Å². The minimum absolute atomic E-state index is 0.105. The zero-order chi connectivity index (χ0) is 12.5. The van der Waals surface area contributed by atoms with Crippen LogP contribution in [0.2, 0.25) is 0 Å². The highest BCUT2D eigenvalue weighted by Crippen LogP contribution is 2.35. The molecule has 0 radical (unpaired) electrons. The molecule has 2 rings (SSSR count). The SMILES string of the molecule is CCC1(NC(=O)c2cc(Br)ccc2F)CCC1. The van der Waals surface area contributed by atoms with Gasteiger partial charge in [0.2, 0.25) is 0 Å². The van der Waals surface area contributed by atoms with E-state index in [2.05, 4.69) is 28.2 Å². The zero-order valence-corrected chi connectivity index (χ0v) is 11.3. The number of halogens is 2. The Bertz CT molecular complexity index is 438. The fraction of sp³-hybridized carbons (Fsp3) is 0.462. The second-order valence-corrected chi connectivity index (χ2v) is 5.48. The van der Waals surface area contributed by atoms with E-state index in [0.29, 0.717) is 4.47 Å². The lowest BCUT2D eigenvalue weighted by molar-refractivity contribution is 0.0816. The van der Waals surface area contributed by atoms with E-state index in [1.54, 1.807) is 6.07 Å². The number of hydrogen-bond donors (Lipinski definition) is 1. The summed E-state index contributed by atoms with van der Waals surface area (Å²) in [5.41, 5.74) is 0.00496. The first-order valence-corrected chi connectivity index (χ1v) is 6.63. The third-order valence-electron chi connectivity index (χ3n) is 3.54. The third-order valence-corrected chi connectivity index (χ3v) is 4.03. The van der Waals surface area contributed by atoms with Crippen molar-refractivity contribution in [3.8, 4) is 0 Å². The predicted octanol–water partition coefficient (Wildman–Crippen LogP) is 3.65. The summed E-state index contributed by atoms with van der Waals surface area (Å²) in [6.07, 6.45) is 4.01. The van der Waals surface area contributed by atoms with Gasteiger partial charge in [0.1, 0.15) is 5.82 Å². The second-order valence-electron chi connectivity index (χ2n) is 4.57. The first-order chi connectivity index (χ1) is 8.06. The summed E-state index contributed by atoms with van der Waals surface area (Å²) in [5.74, 6) is -0.790. The lowest BCUT2D eigenvalue weighted by Gasteiger charge is -2.42. The Labute approximate surface area is 109 Å². The van der Waals surface area contributed by atoms with Crippen LogP contribution in [-0.4, -0.2) is 11.4 Å². The van der Waals surface area contributed by atoms with E-state index in [1.165, 1.54) is 12.1 Å². The minimum atomic E-state index is -0.476. The van der Waals surface area contributed by atoms with Gasteiger partial charge in [-0.3, -0.25) is 4.79 Å². The molecule has 1 aromatic carbocycles. The van der Waals surface area contributed by atoms with Crippen LogP contribution in [0.1, 0.15) is 43.0 Å². The van der Waals surface area contributed by atoms with Crippen molar-refractivity contribution in [2.75, 3.05) is 0 Å². The Kier molecular flexibility index (Phi) is 3.52. The molecule has 0 heterocycles. The summed E-state index contributed by atoms with van der Waals surface area (Å²) in [7, 11) is 0. The van der Waals surface area contributed by atoms with Crippen LogP contribution in [0.3, 0.4) is 0 Å². The quantitative estimate of drug-likeness (QED) is 0.907. The van der Waals surface area contributed by atoms with Crippen molar-refractivity contribution in [3.63, 3.8) is 0 Å². The molecule has 0 aliphatic heterocycles. The van der Waals surface area contributed by atoms with E-state index in [0.717, 1.165) is 25.7 Å². The van der Waals surface area contributed by atoms with Gasteiger partial charge in [-0.1, -0.05) is 22.9 Å². The number of carbonyl (C=O) groups excluding carboxylic acids is 1. The molecular weight excluding hydrogens is 285 g/mol. The average Bonchev–Trinajstić information content (AvgIpc) is 2.26. The number of rotatable bonds is 3. The largest absolute Gasteiger partial charge is 0.347 e. The predicted molar refractivity (Wildman–Crippen MR) is 68.4 cm³/mol. The van der Waals surface area contributed by atoms with E-state index in [4.69, 9.17) is 0 Å². The van der Waals surface area contributed by atoms with Gasteiger partial charge in [0.15, 0.2) is 0 Å². The lowest BCUT2D eigenvalue weighted by atomic mass is 9.74. The first kappa shape index (κ1) is 12.6. The summed E-state index contributed by atoms with van der Waals surface area (Å²) in [6.45, 7) is 2.05. The summed E-state index contributed by atoms with van der Waals surface area (Å²) >= 11 is 3.25. The van der Waals surface area contributed by atoms with E-state index >= 15 is 0 Å². The van der Waals surface area contributed by atoms with E-state index in [1.807, 2.05) is 0 Å². The maximum absolute atomic E-state index is 13.5. The molecule has 0 saturated heterocycles. The highest BCUT2D eigenvalue weighted by atomic mass is 79.9. The summed E-state index contributed by atoms with van der Waals surface area (Å²) in [6, 6.07) is 4.41. The van der Waals surface area contributed by atoms with Crippen LogP contribution in [0.25, 0.3) is 0 Å². The Morgan fingerprint density at radius 2 is 2.24 bits per heavy atom. The molecule has 1 saturated carbocycles. The molecule has 0 aromatic heterocycles. The molecule has 2 nitrogen and oxygen atoms in total. The average molecular weight is 300 g/mol. The molecule has 17 heavy (non-hydrogen) atoms. The highest BCUT2D eigenvalue weighted by molar-refractivity contribution is 9.10.